The van der Waals surface area contributed by atoms with E-state index in [9.17, 15) is 4.79 Å². The quantitative estimate of drug-likeness (QED) is 0.836. The fourth-order valence-corrected chi connectivity index (χ4v) is 2.22. The van der Waals surface area contributed by atoms with Gasteiger partial charge in [0, 0.05) is 25.7 Å². The average Bonchev–Trinajstić information content (AvgIpc) is 2.28. The van der Waals surface area contributed by atoms with Crippen LogP contribution in [0.15, 0.2) is 0 Å². The van der Waals surface area contributed by atoms with Crippen molar-refractivity contribution in [1.29, 1.82) is 0 Å². The molecular formula is C12H25ClN2O2. The molecule has 2 unspecified atom stereocenters. The molecule has 17 heavy (non-hydrogen) atoms. The van der Waals surface area contributed by atoms with Crippen LogP contribution in [0.1, 0.15) is 33.6 Å². The average molecular weight is 265 g/mol. The largest absolute Gasteiger partial charge is 0.369 e. The lowest BCUT2D eigenvalue weighted by Gasteiger charge is -2.34. The van der Waals surface area contributed by atoms with Crippen molar-refractivity contribution < 1.29 is 9.53 Å². The van der Waals surface area contributed by atoms with E-state index in [1.54, 1.807) is 0 Å². The number of piperidine rings is 1. The molecule has 5 heteroatoms. The maximum atomic E-state index is 11.9. The predicted molar refractivity (Wildman–Crippen MR) is 71.3 cm³/mol. The van der Waals surface area contributed by atoms with E-state index in [0.717, 1.165) is 25.9 Å². The van der Waals surface area contributed by atoms with Crippen LogP contribution in [-0.4, -0.2) is 42.6 Å². The molecule has 1 rings (SSSR count). The Balaban J connectivity index is 0.00000256. The minimum absolute atomic E-state index is 0. The lowest BCUT2D eigenvalue weighted by atomic mass is 9.91. The van der Waals surface area contributed by atoms with Gasteiger partial charge in [0.25, 0.3) is 5.91 Å². The first-order chi connectivity index (χ1) is 7.56. The van der Waals surface area contributed by atoms with Crippen molar-refractivity contribution in [3.8, 4) is 0 Å². The van der Waals surface area contributed by atoms with E-state index in [1.807, 2.05) is 25.7 Å². The number of amides is 1. The molecule has 1 fully saturated rings. The monoisotopic (exact) mass is 264 g/mol. The van der Waals surface area contributed by atoms with Gasteiger partial charge in [0.05, 0.1) is 0 Å². The molecule has 1 aliphatic rings. The van der Waals surface area contributed by atoms with Crippen molar-refractivity contribution in [2.45, 2.75) is 45.8 Å². The highest BCUT2D eigenvalue weighted by Gasteiger charge is 2.27. The maximum absolute atomic E-state index is 11.9. The van der Waals surface area contributed by atoms with E-state index in [1.165, 1.54) is 0 Å². The summed E-state index contributed by atoms with van der Waals surface area (Å²) in [7, 11) is 0. The van der Waals surface area contributed by atoms with Gasteiger partial charge < -0.3 is 15.4 Å². The Morgan fingerprint density at radius 3 is 2.35 bits per heavy atom. The van der Waals surface area contributed by atoms with Crippen LogP contribution in [0, 0.1) is 5.92 Å². The van der Waals surface area contributed by atoms with Gasteiger partial charge in [-0.2, -0.15) is 0 Å². The van der Waals surface area contributed by atoms with Gasteiger partial charge in [0.15, 0.2) is 0 Å². The minimum atomic E-state index is -0.308. The van der Waals surface area contributed by atoms with E-state index >= 15 is 0 Å². The van der Waals surface area contributed by atoms with Crippen LogP contribution < -0.4 is 5.73 Å². The van der Waals surface area contributed by atoms with Crippen LogP contribution in [0.25, 0.3) is 0 Å². The smallest absolute Gasteiger partial charge is 0.251 e. The summed E-state index contributed by atoms with van der Waals surface area (Å²) >= 11 is 0. The molecule has 0 bridgehead atoms. The second kappa shape index (κ2) is 7.90. The molecule has 1 amide bonds. The van der Waals surface area contributed by atoms with Gasteiger partial charge in [-0.3, -0.25) is 4.79 Å². The van der Waals surface area contributed by atoms with Gasteiger partial charge in [-0.1, -0.05) is 0 Å². The zero-order chi connectivity index (χ0) is 12.1. The molecule has 4 nitrogen and oxygen atoms in total. The summed E-state index contributed by atoms with van der Waals surface area (Å²) in [6, 6.07) is 0.238. The number of carbonyl (C=O) groups is 1. The molecule has 1 saturated heterocycles. The van der Waals surface area contributed by atoms with Gasteiger partial charge in [-0.05, 0) is 39.5 Å². The second-order valence-electron chi connectivity index (χ2n) is 4.62. The van der Waals surface area contributed by atoms with Crippen LogP contribution in [0.3, 0.4) is 0 Å². The summed E-state index contributed by atoms with van der Waals surface area (Å²) in [6.07, 6.45) is 1.72. The summed E-state index contributed by atoms with van der Waals surface area (Å²) in [5.74, 6) is 0.677. The first-order valence-corrected chi connectivity index (χ1v) is 6.22. The van der Waals surface area contributed by atoms with Gasteiger partial charge in [0.2, 0.25) is 0 Å². The number of nitrogens with zero attached hydrogens (tertiary/aromatic N) is 1. The molecule has 2 N–H and O–H groups in total. The number of likely N-dealkylation sites (tertiary alicyclic amines) is 1. The molecule has 1 heterocycles. The standard InChI is InChI=1S/C12H24N2O2.ClH/c1-4-16-10(3)12(15)14-7-5-11(6-8-14)9(2)13;/h9-11H,4-8,13H2,1-3H3;1H. The second-order valence-corrected chi connectivity index (χ2v) is 4.62. The van der Waals surface area contributed by atoms with E-state index < -0.39 is 0 Å². The van der Waals surface area contributed by atoms with Crippen molar-refractivity contribution in [3.05, 3.63) is 0 Å². The number of rotatable bonds is 4. The lowest BCUT2D eigenvalue weighted by Crippen LogP contribution is -2.46. The van der Waals surface area contributed by atoms with Crippen molar-refractivity contribution in [2.75, 3.05) is 19.7 Å². The van der Waals surface area contributed by atoms with Crippen LogP contribution in [-0.2, 0) is 9.53 Å². The lowest BCUT2D eigenvalue weighted by molar-refractivity contribution is -0.143. The summed E-state index contributed by atoms with van der Waals surface area (Å²) in [4.78, 5) is 13.8. The minimum Gasteiger partial charge on any atom is -0.369 e. The van der Waals surface area contributed by atoms with Crippen LogP contribution in [0.4, 0.5) is 0 Å². The molecule has 0 spiro atoms. The molecule has 2 atom stereocenters. The van der Waals surface area contributed by atoms with Crippen molar-refractivity contribution in [2.24, 2.45) is 11.7 Å². The Morgan fingerprint density at radius 2 is 1.94 bits per heavy atom. The summed E-state index contributed by atoms with van der Waals surface area (Å²) in [5.41, 5.74) is 5.87. The maximum Gasteiger partial charge on any atom is 0.251 e. The first-order valence-electron chi connectivity index (χ1n) is 6.22. The molecule has 0 aromatic rings. The van der Waals surface area contributed by atoms with Crippen LogP contribution in [0.5, 0.6) is 0 Å². The number of ether oxygens (including phenoxy) is 1. The van der Waals surface area contributed by atoms with Gasteiger partial charge in [-0.15, -0.1) is 12.4 Å². The van der Waals surface area contributed by atoms with Gasteiger partial charge in [-0.25, -0.2) is 0 Å². The normalized spacial score (nSPS) is 20.6. The third-order valence-electron chi connectivity index (χ3n) is 3.36. The van der Waals surface area contributed by atoms with Crippen molar-refractivity contribution in [3.63, 3.8) is 0 Å². The third-order valence-corrected chi connectivity index (χ3v) is 3.36. The molecule has 0 saturated carbocycles. The fraction of sp³-hybridized carbons (Fsp3) is 0.917. The summed E-state index contributed by atoms with van der Waals surface area (Å²) in [6.45, 7) is 8.01. The van der Waals surface area contributed by atoms with E-state index in [-0.39, 0.29) is 30.5 Å². The zero-order valence-corrected chi connectivity index (χ0v) is 11.8. The van der Waals surface area contributed by atoms with E-state index in [4.69, 9.17) is 10.5 Å². The molecule has 1 aliphatic heterocycles. The summed E-state index contributed by atoms with van der Waals surface area (Å²) in [5, 5.41) is 0. The Morgan fingerprint density at radius 1 is 1.41 bits per heavy atom. The molecule has 0 aliphatic carbocycles. The molecule has 0 aromatic carbocycles. The van der Waals surface area contributed by atoms with Gasteiger partial charge in [0.1, 0.15) is 6.10 Å². The number of hydrogen-bond acceptors (Lipinski definition) is 3. The van der Waals surface area contributed by atoms with E-state index in [2.05, 4.69) is 0 Å². The number of halogens is 1. The Labute approximate surface area is 110 Å². The summed E-state index contributed by atoms with van der Waals surface area (Å²) < 4.78 is 5.32. The fourth-order valence-electron chi connectivity index (χ4n) is 2.22. The molecule has 0 radical (unpaired) electrons. The van der Waals surface area contributed by atoms with Crippen molar-refractivity contribution >= 4 is 18.3 Å². The third kappa shape index (κ3) is 4.82. The Kier molecular flexibility index (Phi) is 7.75. The van der Waals surface area contributed by atoms with E-state index in [0.29, 0.717) is 12.5 Å². The van der Waals surface area contributed by atoms with Crippen molar-refractivity contribution in [1.82, 2.24) is 4.90 Å². The highest BCUT2D eigenvalue weighted by Crippen LogP contribution is 2.20. The van der Waals surface area contributed by atoms with Crippen LogP contribution >= 0.6 is 12.4 Å². The van der Waals surface area contributed by atoms with Crippen LogP contribution in [0.2, 0.25) is 0 Å². The van der Waals surface area contributed by atoms with Gasteiger partial charge >= 0.3 is 0 Å². The zero-order valence-electron chi connectivity index (χ0n) is 11.0. The SMILES string of the molecule is CCOC(C)C(=O)N1CCC(C(C)N)CC1.Cl. The first kappa shape index (κ1) is 16.7. The number of nitrogens with two attached hydrogens (primary N) is 1. The highest BCUT2D eigenvalue weighted by molar-refractivity contribution is 5.85. The molecular weight excluding hydrogens is 240 g/mol. The Bertz CT molecular complexity index is 229. The molecule has 0 aromatic heterocycles. The number of carbonyl (C=O) groups excluding carboxylic acids is 1. The molecule has 102 valence electrons. The predicted octanol–water partition coefficient (Wildman–Crippen LogP) is 1.42. The topological polar surface area (TPSA) is 55.6 Å². The number of hydrogen-bond donors (Lipinski definition) is 1. The Hall–Kier alpha value is -0.320. The highest BCUT2D eigenvalue weighted by atomic mass is 35.5.